The molecule has 0 radical (unpaired) electrons. The lowest BCUT2D eigenvalue weighted by Crippen LogP contribution is -2.60. The van der Waals surface area contributed by atoms with Crippen molar-refractivity contribution < 1.29 is 18.7 Å². The maximum atomic E-state index is 13.7. The van der Waals surface area contributed by atoms with E-state index in [1.54, 1.807) is 12.1 Å². The fraction of sp³-hybridized carbons (Fsp3) is 0.720. The molecule has 4 rings (SSSR count). The lowest BCUT2D eigenvalue weighted by Gasteiger charge is -2.48. The zero-order valence-electron chi connectivity index (χ0n) is 19.2. The average molecular weight is 448 g/mol. The Morgan fingerprint density at radius 2 is 1.97 bits per heavy atom. The predicted octanol–water partition coefficient (Wildman–Crippen LogP) is 2.96. The first-order valence-electron chi connectivity index (χ1n) is 12.3. The number of carbonyl (C=O) groups excluding carboxylic acids is 1. The van der Waals surface area contributed by atoms with E-state index in [1.165, 1.54) is 25.3 Å². The minimum absolute atomic E-state index is 0.0395. The highest BCUT2D eigenvalue weighted by Gasteiger charge is 2.38. The van der Waals surface area contributed by atoms with Gasteiger partial charge in [-0.05, 0) is 43.4 Å². The molecule has 2 aliphatic heterocycles. The lowest BCUT2D eigenvalue weighted by atomic mass is 9.79. The molecule has 6 nitrogen and oxygen atoms in total. The van der Waals surface area contributed by atoms with E-state index in [0.717, 1.165) is 64.2 Å². The smallest absolute Gasteiger partial charge is 0.234 e. The molecule has 0 bridgehead atoms. The van der Waals surface area contributed by atoms with Gasteiger partial charge in [-0.1, -0.05) is 31.4 Å². The minimum atomic E-state index is -0.242. The number of hydrogen-bond donors (Lipinski definition) is 1. The number of halogens is 1. The van der Waals surface area contributed by atoms with Crippen LogP contribution in [0.1, 0.15) is 50.5 Å². The number of carbonyl (C=O) groups is 1. The molecular formula is C25H38FN3O3. The topological polar surface area (TPSA) is 54.0 Å². The molecule has 0 aromatic heterocycles. The van der Waals surface area contributed by atoms with E-state index in [2.05, 4.69) is 15.1 Å². The molecule has 1 aromatic carbocycles. The molecule has 32 heavy (non-hydrogen) atoms. The first-order valence-corrected chi connectivity index (χ1v) is 12.3. The quantitative estimate of drug-likeness (QED) is 0.631. The first kappa shape index (κ1) is 23.6. The summed E-state index contributed by atoms with van der Waals surface area (Å²) in [7, 11) is 0. The van der Waals surface area contributed by atoms with Crippen LogP contribution in [-0.4, -0.2) is 79.9 Å². The maximum Gasteiger partial charge on any atom is 0.234 e. The predicted molar refractivity (Wildman–Crippen MR) is 122 cm³/mol. The Labute approximate surface area is 191 Å². The Kier molecular flexibility index (Phi) is 8.52. The van der Waals surface area contributed by atoms with Gasteiger partial charge >= 0.3 is 0 Å². The van der Waals surface area contributed by atoms with Crippen molar-refractivity contribution >= 4 is 5.91 Å². The van der Waals surface area contributed by atoms with Crippen LogP contribution in [-0.2, 0) is 20.8 Å². The number of morpholine rings is 1. The Morgan fingerprint density at radius 3 is 2.69 bits per heavy atom. The van der Waals surface area contributed by atoms with Crippen LogP contribution in [0.3, 0.4) is 0 Å². The number of nitrogens with zero attached hydrogens (tertiary/aromatic N) is 2. The van der Waals surface area contributed by atoms with E-state index in [-0.39, 0.29) is 23.4 Å². The van der Waals surface area contributed by atoms with E-state index in [0.29, 0.717) is 26.2 Å². The maximum absolute atomic E-state index is 13.7. The summed E-state index contributed by atoms with van der Waals surface area (Å²) < 4.78 is 25.1. The summed E-state index contributed by atoms with van der Waals surface area (Å²) >= 11 is 0. The average Bonchev–Trinajstić information content (AvgIpc) is 3.32. The van der Waals surface area contributed by atoms with Crippen molar-refractivity contribution in [2.45, 2.75) is 63.1 Å². The highest BCUT2D eigenvalue weighted by Crippen LogP contribution is 2.33. The highest BCUT2D eigenvalue weighted by molar-refractivity contribution is 5.78. The Bertz CT molecular complexity index is 729. The molecule has 2 saturated heterocycles. The molecule has 1 aliphatic carbocycles. The largest absolute Gasteiger partial charge is 0.379 e. The van der Waals surface area contributed by atoms with Crippen molar-refractivity contribution in [1.29, 1.82) is 0 Å². The summed E-state index contributed by atoms with van der Waals surface area (Å²) in [6, 6.07) is 6.65. The Morgan fingerprint density at radius 1 is 1.16 bits per heavy atom. The summed E-state index contributed by atoms with van der Waals surface area (Å²) in [5, 5.41) is 3.27. The number of ether oxygens (including phenoxy) is 2. The molecule has 1 aromatic rings. The number of benzene rings is 1. The number of amides is 1. The van der Waals surface area contributed by atoms with E-state index in [4.69, 9.17) is 9.47 Å². The number of hydrogen-bond acceptors (Lipinski definition) is 5. The van der Waals surface area contributed by atoms with Crippen molar-refractivity contribution in [2.75, 3.05) is 52.5 Å². The van der Waals surface area contributed by atoms with E-state index < -0.39 is 0 Å². The van der Waals surface area contributed by atoms with Crippen LogP contribution < -0.4 is 5.32 Å². The summed E-state index contributed by atoms with van der Waals surface area (Å²) in [5.41, 5.74) is 0.937. The summed E-state index contributed by atoms with van der Waals surface area (Å²) in [6.07, 6.45) is 8.22. The van der Waals surface area contributed by atoms with Crippen molar-refractivity contribution in [3.05, 3.63) is 35.6 Å². The first-order chi connectivity index (χ1) is 15.6. The van der Waals surface area contributed by atoms with Gasteiger partial charge < -0.3 is 14.8 Å². The molecule has 3 fully saturated rings. The van der Waals surface area contributed by atoms with Gasteiger partial charge in [0.2, 0.25) is 5.91 Å². The van der Waals surface area contributed by atoms with E-state index in [9.17, 15) is 9.18 Å². The van der Waals surface area contributed by atoms with Gasteiger partial charge in [0.1, 0.15) is 5.82 Å². The van der Waals surface area contributed by atoms with Gasteiger partial charge in [0.05, 0.1) is 25.9 Å². The van der Waals surface area contributed by atoms with Gasteiger partial charge in [-0.2, -0.15) is 0 Å². The second kappa shape index (κ2) is 11.5. The summed E-state index contributed by atoms with van der Waals surface area (Å²) in [6.45, 7) is 6.46. The van der Waals surface area contributed by atoms with E-state index in [1.807, 2.05) is 6.07 Å². The van der Waals surface area contributed by atoms with Gasteiger partial charge in [0, 0.05) is 44.9 Å². The lowest BCUT2D eigenvalue weighted by molar-refractivity contribution is -0.124. The number of nitrogens with one attached hydrogen (secondary N) is 1. The van der Waals surface area contributed by atoms with Crippen LogP contribution in [0.15, 0.2) is 24.3 Å². The molecule has 2 heterocycles. The van der Waals surface area contributed by atoms with Crippen molar-refractivity contribution in [3.63, 3.8) is 0 Å². The summed E-state index contributed by atoms with van der Waals surface area (Å²) in [4.78, 5) is 17.7. The molecule has 0 spiro atoms. The molecule has 1 atom stereocenters. The fourth-order valence-electron chi connectivity index (χ4n) is 5.53. The molecule has 178 valence electrons. The monoisotopic (exact) mass is 447 g/mol. The van der Waals surface area contributed by atoms with Crippen molar-refractivity contribution in [1.82, 2.24) is 15.1 Å². The third-order valence-electron chi connectivity index (χ3n) is 7.23. The van der Waals surface area contributed by atoms with Crippen LogP contribution >= 0.6 is 0 Å². The van der Waals surface area contributed by atoms with Crippen molar-refractivity contribution in [3.8, 4) is 0 Å². The number of rotatable bonds is 9. The third kappa shape index (κ3) is 6.50. The molecule has 1 N–H and O–H groups in total. The van der Waals surface area contributed by atoms with Crippen LogP contribution in [0.25, 0.3) is 0 Å². The van der Waals surface area contributed by atoms with Crippen LogP contribution in [0, 0.1) is 5.82 Å². The van der Waals surface area contributed by atoms with Crippen molar-refractivity contribution in [2.24, 2.45) is 0 Å². The van der Waals surface area contributed by atoms with E-state index >= 15 is 0 Å². The molecule has 1 unspecified atom stereocenters. The third-order valence-corrected chi connectivity index (χ3v) is 7.23. The van der Waals surface area contributed by atoms with Gasteiger partial charge in [0.15, 0.2) is 0 Å². The zero-order chi connectivity index (χ0) is 22.2. The fourth-order valence-corrected chi connectivity index (χ4v) is 5.53. The van der Waals surface area contributed by atoms with Gasteiger partial charge in [-0.3, -0.25) is 14.6 Å². The second-order valence-corrected chi connectivity index (χ2v) is 9.60. The van der Waals surface area contributed by atoms with Crippen LogP contribution in [0.5, 0.6) is 0 Å². The molecule has 7 heteroatoms. The molecule has 3 aliphatic rings. The molecule has 1 saturated carbocycles. The minimum Gasteiger partial charge on any atom is -0.379 e. The molecule has 1 amide bonds. The normalized spacial score (nSPS) is 24.0. The second-order valence-electron chi connectivity index (χ2n) is 9.60. The highest BCUT2D eigenvalue weighted by atomic mass is 19.1. The van der Waals surface area contributed by atoms with Gasteiger partial charge in [-0.25, -0.2) is 4.39 Å². The Hall–Kier alpha value is -1.54. The van der Waals surface area contributed by atoms with Gasteiger partial charge in [-0.15, -0.1) is 0 Å². The van der Waals surface area contributed by atoms with Gasteiger partial charge in [0.25, 0.3) is 0 Å². The molecular weight excluding hydrogens is 409 g/mol. The van der Waals surface area contributed by atoms with Crippen LogP contribution in [0.2, 0.25) is 0 Å². The SMILES string of the molecule is O=C(CN(Cc1cccc(F)c1)CC1CCCO1)NCC1(N2CCOCC2)CCCCC1. The van der Waals surface area contributed by atoms with Crippen LogP contribution in [0.4, 0.5) is 4.39 Å². The standard InChI is InChI=1S/C25H38FN3O3/c26-22-7-4-6-21(16-22)17-28(18-23-8-5-13-32-23)19-24(30)27-20-25(9-2-1-3-10-25)29-11-14-31-15-12-29/h4,6-7,16,23H,1-3,5,8-15,17-20H2,(H,27,30). The zero-order valence-corrected chi connectivity index (χ0v) is 19.2. The Balaban J connectivity index is 1.36. The summed E-state index contributed by atoms with van der Waals surface area (Å²) in [5.74, 6) is -0.202.